The molecule has 1 aromatic heterocycles. The van der Waals surface area contributed by atoms with Gasteiger partial charge in [-0.3, -0.25) is 0 Å². The Kier molecular flexibility index (Phi) is 12.4. The Balaban J connectivity index is 1.55. The van der Waals surface area contributed by atoms with Crippen molar-refractivity contribution in [2.45, 2.75) is 66.3 Å². The summed E-state index contributed by atoms with van der Waals surface area (Å²) in [4.78, 5) is 7.56. The average Bonchev–Trinajstić information content (AvgIpc) is 3.38. The second-order valence-corrected chi connectivity index (χ2v) is 11.0. The topological polar surface area (TPSA) is 48.8 Å². The Morgan fingerprint density at radius 1 is 0.762 bits per heavy atom. The van der Waals surface area contributed by atoms with E-state index in [4.69, 9.17) is 30.8 Å². The molecule has 226 valence electrons. The molecular formula is C35H46ClN3O3. The van der Waals surface area contributed by atoms with E-state index in [1.54, 1.807) is 0 Å². The maximum Gasteiger partial charge on any atom is 0.150 e. The zero-order valence-electron chi connectivity index (χ0n) is 25.7. The highest BCUT2D eigenvalue weighted by atomic mass is 35.5. The fourth-order valence-corrected chi connectivity index (χ4v) is 5.12. The summed E-state index contributed by atoms with van der Waals surface area (Å²) in [5.74, 6) is 3.40. The Morgan fingerprint density at radius 3 is 2.19 bits per heavy atom. The van der Waals surface area contributed by atoms with Crippen LogP contribution in [0.5, 0.6) is 17.2 Å². The van der Waals surface area contributed by atoms with E-state index >= 15 is 0 Å². The number of hydrogen-bond donors (Lipinski definition) is 0. The normalized spacial score (nSPS) is 11.4. The Bertz CT molecular complexity index is 1370. The lowest BCUT2D eigenvalue weighted by Crippen LogP contribution is -2.25. The molecule has 0 saturated heterocycles. The monoisotopic (exact) mass is 591 g/mol. The van der Waals surface area contributed by atoms with Crippen LogP contribution in [0.2, 0.25) is 5.02 Å². The third-order valence-electron chi connectivity index (χ3n) is 7.46. The highest BCUT2D eigenvalue weighted by molar-refractivity contribution is 6.30. The maximum atomic E-state index is 6.27. The molecule has 0 aliphatic carbocycles. The summed E-state index contributed by atoms with van der Waals surface area (Å²) in [6.07, 6.45) is 4.90. The molecule has 3 aromatic carbocycles. The van der Waals surface area contributed by atoms with Gasteiger partial charge in [0.05, 0.1) is 25.3 Å². The molecule has 0 radical (unpaired) electrons. The first-order valence-corrected chi connectivity index (χ1v) is 15.9. The van der Waals surface area contributed by atoms with Gasteiger partial charge in [-0.1, -0.05) is 57.8 Å². The lowest BCUT2D eigenvalue weighted by atomic mass is 10.1. The van der Waals surface area contributed by atoms with E-state index in [-0.39, 0.29) is 0 Å². The summed E-state index contributed by atoms with van der Waals surface area (Å²) >= 11 is 6.00. The highest BCUT2D eigenvalue weighted by Gasteiger charge is 2.18. The van der Waals surface area contributed by atoms with E-state index in [9.17, 15) is 0 Å². The van der Waals surface area contributed by atoms with Crippen LogP contribution >= 0.6 is 11.6 Å². The number of ether oxygens (including phenoxy) is 3. The number of imidazole rings is 1. The number of unbranched alkanes of at least 4 members (excludes halogenated alkanes) is 1. The summed E-state index contributed by atoms with van der Waals surface area (Å²) in [5, 5.41) is 0.749. The minimum atomic E-state index is 0.603. The van der Waals surface area contributed by atoms with Crippen LogP contribution in [0.3, 0.4) is 0 Å². The average molecular weight is 592 g/mol. The number of aryl methyl sites for hydroxylation is 1. The van der Waals surface area contributed by atoms with Crippen LogP contribution in [0, 0.1) is 0 Å². The molecule has 4 rings (SSSR count). The first-order valence-electron chi connectivity index (χ1n) is 15.6. The first kappa shape index (κ1) is 31.7. The summed E-state index contributed by atoms with van der Waals surface area (Å²) in [7, 11) is 0. The van der Waals surface area contributed by atoms with E-state index in [1.807, 2.05) is 42.5 Å². The van der Waals surface area contributed by atoms with E-state index < -0.39 is 0 Å². The molecule has 0 atom stereocenters. The molecular weight excluding hydrogens is 546 g/mol. The second-order valence-electron chi connectivity index (χ2n) is 10.6. The largest absolute Gasteiger partial charge is 0.493 e. The first-order chi connectivity index (χ1) is 20.6. The summed E-state index contributed by atoms with van der Waals surface area (Å²) in [6.45, 7) is 14.7. The van der Waals surface area contributed by atoms with Gasteiger partial charge in [-0.15, -0.1) is 0 Å². The van der Waals surface area contributed by atoms with Crippen molar-refractivity contribution < 1.29 is 14.2 Å². The summed E-state index contributed by atoms with van der Waals surface area (Å²) in [6, 6.07) is 20.3. The van der Waals surface area contributed by atoms with Crippen molar-refractivity contribution in [3.8, 4) is 28.6 Å². The summed E-state index contributed by atoms with van der Waals surface area (Å²) in [5.41, 5.74) is 4.19. The van der Waals surface area contributed by atoms with Gasteiger partial charge in [0.1, 0.15) is 22.8 Å². The molecule has 0 unspecified atom stereocenters. The summed E-state index contributed by atoms with van der Waals surface area (Å²) < 4.78 is 20.8. The predicted molar refractivity (Wildman–Crippen MR) is 174 cm³/mol. The number of halogens is 1. The van der Waals surface area contributed by atoms with Crippen LogP contribution in [0.25, 0.3) is 22.4 Å². The van der Waals surface area contributed by atoms with Crippen LogP contribution < -0.4 is 14.2 Å². The third-order valence-corrected chi connectivity index (χ3v) is 7.71. The molecule has 0 saturated carbocycles. The van der Waals surface area contributed by atoms with Crippen molar-refractivity contribution in [1.82, 2.24) is 14.5 Å². The molecule has 6 nitrogen and oxygen atoms in total. The fourth-order valence-electron chi connectivity index (χ4n) is 4.99. The van der Waals surface area contributed by atoms with Gasteiger partial charge < -0.3 is 23.7 Å². The molecule has 42 heavy (non-hydrogen) atoms. The number of rotatable bonds is 18. The Labute approximate surface area is 256 Å². The zero-order chi connectivity index (χ0) is 29.7. The smallest absolute Gasteiger partial charge is 0.150 e. The molecule has 0 aliphatic rings. The van der Waals surface area contributed by atoms with Crippen molar-refractivity contribution in [2.75, 3.05) is 39.5 Å². The number of hydrogen-bond acceptors (Lipinski definition) is 5. The molecule has 0 fully saturated rings. The van der Waals surface area contributed by atoms with Gasteiger partial charge in [0.25, 0.3) is 0 Å². The van der Waals surface area contributed by atoms with Crippen LogP contribution in [-0.2, 0) is 13.0 Å². The van der Waals surface area contributed by atoms with Crippen molar-refractivity contribution in [1.29, 1.82) is 0 Å². The fraction of sp³-hybridized carbons (Fsp3) is 0.457. The zero-order valence-corrected chi connectivity index (χ0v) is 26.5. The molecule has 0 spiro atoms. The van der Waals surface area contributed by atoms with E-state index in [2.05, 4.69) is 55.4 Å². The Hall–Kier alpha value is -3.22. The Morgan fingerprint density at radius 2 is 1.50 bits per heavy atom. The number of fused-ring (bicyclic) bond motifs is 1. The quantitative estimate of drug-likeness (QED) is 0.108. The lowest BCUT2D eigenvalue weighted by molar-refractivity contribution is 0.248. The van der Waals surface area contributed by atoms with Gasteiger partial charge >= 0.3 is 0 Å². The van der Waals surface area contributed by atoms with E-state index in [1.165, 1.54) is 5.56 Å². The van der Waals surface area contributed by atoms with Crippen molar-refractivity contribution in [3.05, 3.63) is 71.2 Å². The maximum absolute atomic E-state index is 6.27. The number of aromatic nitrogens is 2. The van der Waals surface area contributed by atoms with E-state index in [0.29, 0.717) is 19.8 Å². The van der Waals surface area contributed by atoms with Crippen molar-refractivity contribution in [3.63, 3.8) is 0 Å². The van der Waals surface area contributed by atoms with Gasteiger partial charge in [-0.2, -0.15) is 0 Å². The molecule has 1 heterocycles. The van der Waals surface area contributed by atoms with Crippen molar-refractivity contribution in [2.24, 2.45) is 0 Å². The predicted octanol–water partition coefficient (Wildman–Crippen LogP) is 8.68. The van der Waals surface area contributed by atoms with Crippen LogP contribution in [0.4, 0.5) is 0 Å². The standard InChI is InChI=1S/C35H46ClN3O3/c1-5-9-21-39-32-25-31(40-23-10-20-38(7-3)8-4)26-33(42-22-6-2)34(32)37-35(39)28-13-17-30(18-14-28)41-24-19-27-11-15-29(36)16-12-27/h11-18,25-26H,5-10,19-24H2,1-4H3. The second kappa shape index (κ2) is 16.4. The molecule has 0 aliphatic heterocycles. The molecule has 0 bridgehead atoms. The van der Waals surface area contributed by atoms with Crippen molar-refractivity contribution >= 4 is 22.6 Å². The highest BCUT2D eigenvalue weighted by Crippen LogP contribution is 2.35. The van der Waals surface area contributed by atoms with E-state index in [0.717, 1.165) is 103 Å². The van der Waals surface area contributed by atoms with Gasteiger partial charge in [-0.05, 0) is 74.3 Å². The molecule has 0 amide bonds. The molecule has 7 heteroatoms. The molecule has 4 aromatic rings. The SMILES string of the molecule is CCCCn1c(-c2ccc(OCCc3ccc(Cl)cc3)cc2)nc2c(OCCC)cc(OCCCN(CC)CC)cc21. The third kappa shape index (κ3) is 8.65. The van der Waals surface area contributed by atoms with Crippen LogP contribution in [0.15, 0.2) is 60.7 Å². The van der Waals surface area contributed by atoms with Gasteiger partial charge in [0.2, 0.25) is 0 Å². The lowest BCUT2D eigenvalue weighted by Gasteiger charge is -2.18. The number of benzene rings is 3. The van der Waals surface area contributed by atoms with Crippen LogP contribution in [0.1, 0.15) is 58.9 Å². The van der Waals surface area contributed by atoms with Gasteiger partial charge in [0.15, 0.2) is 5.75 Å². The van der Waals surface area contributed by atoms with Crippen LogP contribution in [-0.4, -0.2) is 53.9 Å². The minimum Gasteiger partial charge on any atom is -0.493 e. The van der Waals surface area contributed by atoms with Gasteiger partial charge in [0, 0.05) is 42.2 Å². The van der Waals surface area contributed by atoms with Gasteiger partial charge in [-0.25, -0.2) is 4.98 Å². The number of nitrogens with zero attached hydrogens (tertiary/aromatic N) is 3. The molecule has 0 N–H and O–H groups in total. The minimum absolute atomic E-state index is 0.603.